The predicted molar refractivity (Wildman–Crippen MR) is 105 cm³/mol. The topological polar surface area (TPSA) is 59.0 Å². The van der Waals surface area contributed by atoms with Gasteiger partial charge in [0.1, 0.15) is 0 Å². The van der Waals surface area contributed by atoms with Crippen LogP contribution in [-0.4, -0.2) is 48.8 Å². The molecule has 1 saturated heterocycles. The van der Waals surface area contributed by atoms with Gasteiger partial charge in [-0.3, -0.25) is 4.79 Å². The van der Waals surface area contributed by atoms with E-state index in [0.717, 1.165) is 43.5 Å². The van der Waals surface area contributed by atoms with Crippen molar-refractivity contribution in [1.29, 1.82) is 0 Å². The average Bonchev–Trinajstić information content (AvgIpc) is 2.72. The van der Waals surface area contributed by atoms with Gasteiger partial charge in [0.15, 0.2) is 11.5 Å². The molecular formula is C22H27NO4. The Morgan fingerprint density at radius 1 is 1.19 bits per heavy atom. The van der Waals surface area contributed by atoms with Crippen LogP contribution in [0.15, 0.2) is 42.5 Å². The van der Waals surface area contributed by atoms with Crippen molar-refractivity contribution in [3.63, 3.8) is 0 Å². The second-order valence-electron chi connectivity index (χ2n) is 6.85. The monoisotopic (exact) mass is 369 g/mol. The normalized spacial score (nSPS) is 17.0. The minimum Gasteiger partial charge on any atom is -0.504 e. The molecule has 0 unspecified atom stereocenters. The summed E-state index contributed by atoms with van der Waals surface area (Å²) in [5.41, 5.74) is 2.57. The lowest BCUT2D eigenvalue weighted by Crippen LogP contribution is -2.43. The van der Waals surface area contributed by atoms with Gasteiger partial charge in [-0.25, -0.2) is 0 Å². The highest BCUT2D eigenvalue weighted by molar-refractivity contribution is 5.94. The second kappa shape index (κ2) is 8.91. The maximum absolute atomic E-state index is 12.8. The number of ether oxygens (including phenoxy) is 2. The third-order valence-electron chi connectivity index (χ3n) is 4.87. The van der Waals surface area contributed by atoms with Crippen LogP contribution in [0.1, 0.15) is 36.5 Å². The van der Waals surface area contributed by atoms with E-state index in [1.807, 2.05) is 35.2 Å². The molecule has 0 aliphatic carbocycles. The van der Waals surface area contributed by atoms with E-state index in [0.29, 0.717) is 17.9 Å². The highest BCUT2D eigenvalue weighted by atomic mass is 16.5. The van der Waals surface area contributed by atoms with E-state index in [4.69, 9.17) is 9.47 Å². The number of likely N-dealkylation sites (tertiary alicyclic amines) is 1. The molecule has 144 valence electrons. The lowest BCUT2D eigenvalue weighted by Gasteiger charge is -2.32. The number of hydrogen-bond donors (Lipinski definition) is 1. The zero-order valence-electron chi connectivity index (χ0n) is 16.0. The summed E-state index contributed by atoms with van der Waals surface area (Å²) in [4.78, 5) is 14.7. The van der Waals surface area contributed by atoms with Crippen LogP contribution in [-0.2, 0) is 4.74 Å². The molecule has 1 aliphatic rings. The molecule has 2 aromatic rings. The summed E-state index contributed by atoms with van der Waals surface area (Å²) in [6.07, 6.45) is 3.14. The molecule has 0 spiro atoms. The van der Waals surface area contributed by atoms with Crippen molar-refractivity contribution in [2.75, 3.05) is 26.8 Å². The Balaban J connectivity index is 1.70. The summed E-state index contributed by atoms with van der Waals surface area (Å²) in [6, 6.07) is 12.8. The highest BCUT2D eigenvalue weighted by Gasteiger charge is 2.24. The summed E-state index contributed by atoms with van der Waals surface area (Å²) in [5.74, 6) is 0.590. The third-order valence-corrected chi connectivity index (χ3v) is 4.87. The molecule has 1 amide bonds. The Bertz CT molecular complexity index is 772. The van der Waals surface area contributed by atoms with Gasteiger partial charge >= 0.3 is 0 Å². The summed E-state index contributed by atoms with van der Waals surface area (Å²) in [7, 11) is 1.52. The van der Waals surface area contributed by atoms with E-state index in [2.05, 4.69) is 6.92 Å². The van der Waals surface area contributed by atoms with E-state index in [-0.39, 0.29) is 17.8 Å². The van der Waals surface area contributed by atoms with Crippen molar-refractivity contribution in [2.45, 2.75) is 32.3 Å². The van der Waals surface area contributed by atoms with Crippen molar-refractivity contribution >= 4 is 5.91 Å². The molecule has 0 radical (unpaired) electrons. The van der Waals surface area contributed by atoms with Crippen LogP contribution >= 0.6 is 0 Å². The van der Waals surface area contributed by atoms with Crippen molar-refractivity contribution in [2.24, 2.45) is 0 Å². The molecule has 27 heavy (non-hydrogen) atoms. The summed E-state index contributed by atoms with van der Waals surface area (Å²) in [6.45, 7) is 4.28. The number of phenolic OH excluding ortho intramolecular Hbond substituents is 1. The van der Waals surface area contributed by atoms with Gasteiger partial charge < -0.3 is 19.5 Å². The molecular weight excluding hydrogens is 342 g/mol. The number of aromatic hydroxyl groups is 1. The number of amides is 1. The van der Waals surface area contributed by atoms with E-state index < -0.39 is 0 Å². The van der Waals surface area contributed by atoms with Crippen molar-refractivity contribution in [3.05, 3.63) is 48.0 Å². The number of piperidine rings is 1. The first-order valence-corrected chi connectivity index (χ1v) is 9.50. The zero-order valence-corrected chi connectivity index (χ0v) is 16.0. The van der Waals surface area contributed by atoms with Gasteiger partial charge in [-0.1, -0.05) is 25.1 Å². The molecule has 3 rings (SSSR count). The first-order chi connectivity index (χ1) is 13.1. The Kier molecular flexibility index (Phi) is 6.35. The highest BCUT2D eigenvalue weighted by Crippen LogP contribution is 2.31. The van der Waals surface area contributed by atoms with Crippen molar-refractivity contribution < 1.29 is 19.4 Å². The van der Waals surface area contributed by atoms with Gasteiger partial charge in [0, 0.05) is 25.3 Å². The summed E-state index contributed by atoms with van der Waals surface area (Å²) < 4.78 is 11.0. The molecule has 1 N–H and O–H groups in total. The first-order valence-electron chi connectivity index (χ1n) is 9.50. The Labute approximate surface area is 160 Å². The Hall–Kier alpha value is -2.53. The fourth-order valence-electron chi connectivity index (χ4n) is 3.39. The van der Waals surface area contributed by atoms with Gasteiger partial charge in [0.25, 0.3) is 5.91 Å². The quantitative estimate of drug-likeness (QED) is 0.833. The number of rotatable bonds is 6. The predicted octanol–water partition coefficient (Wildman–Crippen LogP) is 4.10. The maximum Gasteiger partial charge on any atom is 0.253 e. The fourth-order valence-corrected chi connectivity index (χ4v) is 3.39. The lowest BCUT2D eigenvalue weighted by molar-refractivity contribution is 0.00211. The summed E-state index contributed by atoms with van der Waals surface area (Å²) in [5, 5.41) is 9.73. The maximum atomic E-state index is 12.8. The lowest BCUT2D eigenvalue weighted by atomic mass is 10.0. The van der Waals surface area contributed by atoms with Crippen LogP contribution in [0.25, 0.3) is 11.1 Å². The van der Waals surface area contributed by atoms with Gasteiger partial charge in [-0.2, -0.15) is 0 Å². The number of phenols is 1. The fraction of sp³-hybridized carbons (Fsp3) is 0.409. The zero-order chi connectivity index (χ0) is 19.2. The molecule has 5 heteroatoms. The number of benzene rings is 2. The number of nitrogens with zero attached hydrogens (tertiary/aromatic N) is 1. The van der Waals surface area contributed by atoms with Crippen LogP contribution in [0, 0.1) is 0 Å². The molecule has 1 fully saturated rings. The van der Waals surface area contributed by atoms with Gasteiger partial charge in [0.05, 0.1) is 13.2 Å². The smallest absolute Gasteiger partial charge is 0.253 e. The molecule has 1 heterocycles. The SMILES string of the molecule is CCCO[C@H]1CCCN(C(=O)c2ccc(-c3ccc(O)c(OC)c3)cc2)C1. The van der Waals surface area contributed by atoms with E-state index in [9.17, 15) is 9.90 Å². The van der Waals surface area contributed by atoms with Crippen LogP contribution in [0.4, 0.5) is 0 Å². The summed E-state index contributed by atoms with van der Waals surface area (Å²) >= 11 is 0. The average molecular weight is 369 g/mol. The molecule has 0 aromatic heterocycles. The molecule has 1 atom stereocenters. The van der Waals surface area contributed by atoms with Crippen molar-refractivity contribution in [3.8, 4) is 22.6 Å². The van der Waals surface area contributed by atoms with Gasteiger partial charge in [-0.05, 0) is 54.7 Å². The standard InChI is InChI=1S/C22H27NO4/c1-3-13-27-19-5-4-12-23(15-19)22(25)17-8-6-16(7-9-17)18-10-11-20(24)21(14-18)26-2/h6-11,14,19,24H,3-5,12-13,15H2,1-2H3/t19-/m0/s1. The molecule has 2 aromatic carbocycles. The van der Waals surface area contributed by atoms with E-state index in [1.165, 1.54) is 7.11 Å². The Morgan fingerprint density at radius 2 is 1.93 bits per heavy atom. The molecule has 0 saturated carbocycles. The third kappa shape index (κ3) is 4.61. The van der Waals surface area contributed by atoms with Crippen LogP contribution in [0.3, 0.4) is 0 Å². The van der Waals surface area contributed by atoms with Crippen LogP contribution in [0.2, 0.25) is 0 Å². The molecule has 1 aliphatic heterocycles. The largest absolute Gasteiger partial charge is 0.504 e. The number of methoxy groups -OCH3 is 1. The van der Waals surface area contributed by atoms with E-state index in [1.54, 1.807) is 12.1 Å². The van der Waals surface area contributed by atoms with Gasteiger partial charge in [-0.15, -0.1) is 0 Å². The van der Waals surface area contributed by atoms with E-state index >= 15 is 0 Å². The van der Waals surface area contributed by atoms with Crippen molar-refractivity contribution in [1.82, 2.24) is 4.90 Å². The number of carbonyl (C=O) groups is 1. The minimum absolute atomic E-state index is 0.0506. The molecule has 5 nitrogen and oxygen atoms in total. The molecule has 0 bridgehead atoms. The number of carbonyl (C=O) groups excluding carboxylic acids is 1. The van der Waals surface area contributed by atoms with Crippen LogP contribution < -0.4 is 4.74 Å². The number of hydrogen-bond acceptors (Lipinski definition) is 4. The van der Waals surface area contributed by atoms with Crippen LogP contribution in [0.5, 0.6) is 11.5 Å². The Morgan fingerprint density at radius 3 is 2.63 bits per heavy atom. The first kappa shape index (κ1) is 19.2. The second-order valence-corrected chi connectivity index (χ2v) is 6.85. The minimum atomic E-state index is 0.0506. The van der Waals surface area contributed by atoms with Gasteiger partial charge in [0.2, 0.25) is 0 Å².